The molecule has 0 saturated heterocycles. The van der Waals surface area contributed by atoms with Crippen LogP contribution in [0.15, 0.2) is 28.7 Å². The number of hydrogen-bond donors (Lipinski definition) is 2. The smallest absolute Gasteiger partial charge is 0.248 e. The number of nitrogens with two attached hydrogens (primary N) is 1. The van der Waals surface area contributed by atoms with Crippen molar-refractivity contribution in [3.05, 3.63) is 35.6 Å². The molecule has 1 aromatic heterocycles. The maximum atomic E-state index is 13.3. The summed E-state index contributed by atoms with van der Waals surface area (Å²) in [5.74, 6) is 3.95. The third-order valence-electron chi connectivity index (χ3n) is 4.48. The van der Waals surface area contributed by atoms with Crippen LogP contribution in [0.1, 0.15) is 43.0 Å². The third kappa shape index (κ3) is 2.80. The molecular formula is C16H20F2N2O. The van der Waals surface area contributed by atoms with E-state index in [2.05, 4.69) is 5.43 Å². The van der Waals surface area contributed by atoms with Crippen molar-refractivity contribution in [3.8, 4) is 0 Å². The molecule has 1 saturated carbocycles. The number of furan rings is 1. The molecule has 114 valence electrons. The number of fused-ring (bicyclic) bond motifs is 1. The molecule has 1 fully saturated rings. The van der Waals surface area contributed by atoms with Gasteiger partial charge in [-0.3, -0.25) is 5.84 Å². The first kappa shape index (κ1) is 14.5. The molecule has 1 aliphatic rings. The molecule has 0 aliphatic heterocycles. The second-order valence-electron chi connectivity index (χ2n) is 5.98. The van der Waals surface area contributed by atoms with Gasteiger partial charge in [-0.25, -0.2) is 14.2 Å². The predicted octanol–water partition coefficient (Wildman–Crippen LogP) is 4.07. The minimum Gasteiger partial charge on any atom is -0.459 e. The number of halogens is 2. The molecule has 0 spiro atoms. The minimum absolute atomic E-state index is 0.0743. The number of alkyl halides is 2. The quantitative estimate of drug-likeness (QED) is 0.662. The van der Waals surface area contributed by atoms with Crippen LogP contribution in [0.4, 0.5) is 8.78 Å². The Balaban J connectivity index is 1.87. The maximum absolute atomic E-state index is 13.3. The van der Waals surface area contributed by atoms with Crippen LogP contribution in [0.3, 0.4) is 0 Å². The van der Waals surface area contributed by atoms with Gasteiger partial charge in [0.15, 0.2) is 0 Å². The van der Waals surface area contributed by atoms with E-state index in [4.69, 9.17) is 10.3 Å². The average Bonchev–Trinajstić information content (AvgIpc) is 2.86. The molecule has 1 heterocycles. The van der Waals surface area contributed by atoms with Crippen molar-refractivity contribution in [2.24, 2.45) is 11.8 Å². The van der Waals surface area contributed by atoms with Crippen LogP contribution in [0.2, 0.25) is 0 Å². The second-order valence-corrected chi connectivity index (χ2v) is 5.98. The maximum Gasteiger partial charge on any atom is 0.248 e. The monoisotopic (exact) mass is 294 g/mol. The summed E-state index contributed by atoms with van der Waals surface area (Å²) in [6.45, 7) is 1.99. The first-order valence-corrected chi connectivity index (χ1v) is 7.33. The fourth-order valence-electron chi connectivity index (χ4n) is 3.23. The molecule has 0 radical (unpaired) electrons. The summed E-state index contributed by atoms with van der Waals surface area (Å²) in [6, 6.07) is 7.69. The van der Waals surface area contributed by atoms with Crippen LogP contribution >= 0.6 is 0 Å². The van der Waals surface area contributed by atoms with Crippen LogP contribution in [0.25, 0.3) is 11.0 Å². The van der Waals surface area contributed by atoms with Gasteiger partial charge >= 0.3 is 0 Å². The van der Waals surface area contributed by atoms with Gasteiger partial charge in [-0.05, 0) is 37.3 Å². The van der Waals surface area contributed by atoms with Crippen LogP contribution in [-0.2, 0) is 0 Å². The van der Waals surface area contributed by atoms with E-state index < -0.39 is 5.92 Å². The van der Waals surface area contributed by atoms with E-state index >= 15 is 0 Å². The summed E-state index contributed by atoms with van der Waals surface area (Å²) >= 11 is 0. The molecule has 2 aromatic rings. The van der Waals surface area contributed by atoms with Crippen molar-refractivity contribution in [2.45, 2.75) is 44.6 Å². The molecule has 0 bridgehead atoms. The van der Waals surface area contributed by atoms with Crippen LogP contribution in [0, 0.1) is 12.8 Å². The zero-order chi connectivity index (χ0) is 15.0. The highest BCUT2D eigenvalue weighted by Crippen LogP contribution is 2.42. The highest BCUT2D eigenvalue weighted by atomic mass is 19.3. The molecule has 3 rings (SSSR count). The van der Waals surface area contributed by atoms with Crippen LogP contribution in [-0.4, -0.2) is 5.92 Å². The lowest BCUT2D eigenvalue weighted by Gasteiger charge is -2.32. The highest BCUT2D eigenvalue weighted by Gasteiger charge is 2.38. The standard InChI is InChI=1S/C16H20F2N2O/c1-10-3-2-4-12-9-13(21-15(10)12)14(20-19)11-5-7-16(17,18)8-6-11/h2-4,9,11,14,20H,5-8,19H2,1H3. The highest BCUT2D eigenvalue weighted by molar-refractivity contribution is 5.81. The van der Waals surface area contributed by atoms with Gasteiger partial charge in [0.25, 0.3) is 0 Å². The van der Waals surface area contributed by atoms with Gasteiger partial charge in [0, 0.05) is 18.2 Å². The fourth-order valence-corrected chi connectivity index (χ4v) is 3.23. The summed E-state index contributed by atoms with van der Waals surface area (Å²) in [7, 11) is 0. The van der Waals surface area contributed by atoms with Gasteiger partial charge in [0.1, 0.15) is 11.3 Å². The molecular weight excluding hydrogens is 274 g/mol. The normalized spacial score (nSPS) is 20.8. The first-order valence-electron chi connectivity index (χ1n) is 7.33. The molecule has 1 atom stereocenters. The van der Waals surface area contributed by atoms with E-state index in [1.165, 1.54) is 0 Å². The molecule has 1 aliphatic carbocycles. The number of aryl methyl sites for hydroxylation is 1. The average molecular weight is 294 g/mol. The van der Waals surface area contributed by atoms with Gasteiger partial charge in [-0.1, -0.05) is 18.2 Å². The lowest BCUT2D eigenvalue weighted by molar-refractivity contribution is -0.0505. The second kappa shape index (κ2) is 5.39. The van der Waals surface area contributed by atoms with Crippen molar-refractivity contribution in [1.29, 1.82) is 0 Å². The Hall–Kier alpha value is -1.46. The van der Waals surface area contributed by atoms with Gasteiger partial charge in [0.05, 0.1) is 6.04 Å². The Labute approximate surface area is 122 Å². The van der Waals surface area contributed by atoms with Gasteiger partial charge in [0.2, 0.25) is 5.92 Å². The van der Waals surface area contributed by atoms with Crippen molar-refractivity contribution < 1.29 is 13.2 Å². The first-order chi connectivity index (χ1) is 10.00. The molecule has 3 N–H and O–H groups in total. The van der Waals surface area contributed by atoms with E-state index in [1.54, 1.807) is 0 Å². The largest absolute Gasteiger partial charge is 0.459 e. The summed E-state index contributed by atoms with van der Waals surface area (Å²) in [4.78, 5) is 0. The van der Waals surface area contributed by atoms with Crippen molar-refractivity contribution >= 4 is 11.0 Å². The molecule has 1 aromatic carbocycles. The number of rotatable bonds is 3. The van der Waals surface area contributed by atoms with E-state index in [1.807, 2.05) is 31.2 Å². The van der Waals surface area contributed by atoms with Crippen molar-refractivity contribution in [2.75, 3.05) is 0 Å². The molecule has 21 heavy (non-hydrogen) atoms. The number of hydrogen-bond acceptors (Lipinski definition) is 3. The number of hydrazine groups is 1. The summed E-state index contributed by atoms with van der Waals surface area (Å²) in [6.07, 6.45) is 0.764. The van der Waals surface area contributed by atoms with Crippen molar-refractivity contribution in [1.82, 2.24) is 5.43 Å². The van der Waals surface area contributed by atoms with E-state index in [-0.39, 0.29) is 24.8 Å². The lowest BCUT2D eigenvalue weighted by Crippen LogP contribution is -2.37. The molecule has 1 unspecified atom stereocenters. The summed E-state index contributed by atoms with van der Waals surface area (Å²) in [5.41, 5.74) is 4.66. The minimum atomic E-state index is -2.53. The van der Waals surface area contributed by atoms with Crippen molar-refractivity contribution in [3.63, 3.8) is 0 Å². The number of benzene rings is 1. The zero-order valence-electron chi connectivity index (χ0n) is 12.0. The Kier molecular flexibility index (Phi) is 3.71. The number of nitrogens with one attached hydrogen (secondary N) is 1. The van der Waals surface area contributed by atoms with Gasteiger partial charge in [-0.2, -0.15) is 0 Å². The van der Waals surface area contributed by atoms with Crippen LogP contribution in [0.5, 0.6) is 0 Å². The lowest BCUT2D eigenvalue weighted by atomic mass is 9.81. The predicted molar refractivity (Wildman–Crippen MR) is 77.9 cm³/mol. The topological polar surface area (TPSA) is 51.2 Å². The summed E-state index contributed by atoms with van der Waals surface area (Å²) in [5, 5.41) is 1.02. The SMILES string of the molecule is Cc1cccc2cc(C(NN)C3CCC(F)(F)CC3)oc12. The Morgan fingerprint density at radius 2 is 2.05 bits per heavy atom. The molecule has 0 amide bonds. The number of para-hydroxylation sites is 1. The van der Waals surface area contributed by atoms with E-state index in [9.17, 15) is 8.78 Å². The Morgan fingerprint density at radius 1 is 1.33 bits per heavy atom. The Morgan fingerprint density at radius 3 is 2.67 bits per heavy atom. The van der Waals surface area contributed by atoms with E-state index in [0.29, 0.717) is 12.8 Å². The summed E-state index contributed by atoms with van der Waals surface area (Å²) < 4.78 is 32.5. The zero-order valence-corrected chi connectivity index (χ0v) is 12.0. The third-order valence-corrected chi connectivity index (χ3v) is 4.48. The molecule has 3 nitrogen and oxygen atoms in total. The fraction of sp³-hybridized carbons (Fsp3) is 0.500. The van der Waals surface area contributed by atoms with Gasteiger partial charge < -0.3 is 4.42 Å². The molecule has 5 heteroatoms. The van der Waals surface area contributed by atoms with Crippen LogP contribution < -0.4 is 11.3 Å². The van der Waals surface area contributed by atoms with Gasteiger partial charge in [-0.15, -0.1) is 0 Å². The Bertz CT molecular complexity index is 628. The van der Waals surface area contributed by atoms with E-state index in [0.717, 1.165) is 22.3 Å².